The molecule has 29 heavy (non-hydrogen) atoms. The first-order valence-corrected chi connectivity index (χ1v) is 8.78. The third-order valence-electron chi connectivity index (χ3n) is 4.51. The van der Waals surface area contributed by atoms with E-state index in [1.165, 1.54) is 35.3 Å². The van der Waals surface area contributed by atoms with Crippen molar-refractivity contribution in [3.8, 4) is 0 Å². The first kappa shape index (κ1) is 20.5. The molecule has 0 aliphatic carbocycles. The Morgan fingerprint density at radius 1 is 1.28 bits per heavy atom. The number of pyridine rings is 1. The Balaban J connectivity index is 2.02. The summed E-state index contributed by atoms with van der Waals surface area (Å²) in [5.41, 5.74) is -0.474. The number of alkyl halides is 3. The molecule has 0 aliphatic rings. The van der Waals surface area contributed by atoms with E-state index in [2.05, 4.69) is 21.9 Å². The molecule has 1 aromatic carbocycles. The molecule has 9 heteroatoms. The van der Waals surface area contributed by atoms with Crippen molar-refractivity contribution in [2.24, 2.45) is 0 Å². The minimum Gasteiger partial charge on any atom is -0.363 e. The summed E-state index contributed by atoms with van der Waals surface area (Å²) in [6, 6.07) is 4.34. The first-order chi connectivity index (χ1) is 13.8. The fourth-order valence-electron chi connectivity index (χ4n) is 2.98. The number of halogens is 4. The Labute approximate surface area is 163 Å². The summed E-state index contributed by atoms with van der Waals surface area (Å²) in [7, 11) is 0. The predicted molar refractivity (Wildman–Crippen MR) is 103 cm³/mol. The fraction of sp³-hybridized carbons (Fsp3) is 0.250. The van der Waals surface area contributed by atoms with Crippen LogP contribution in [-0.2, 0) is 0 Å². The van der Waals surface area contributed by atoms with Gasteiger partial charge in [0.1, 0.15) is 18.0 Å². The molecule has 1 N–H and O–H groups in total. The van der Waals surface area contributed by atoms with Crippen molar-refractivity contribution in [2.75, 3.05) is 12.0 Å². The van der Waals surface area contributed by atoms with Crippen LogP contribution in [-0.4, -0.2) is 21.2 Å². The van der Waals surface area contributed by atoms with Crippen molar-refractivity contribution in [3.05, 3.63) is 70.7 Å². The lowest BCUT2D eigenvalue weighted by Gasteiger charge is -2.18. The Hall–Kier alpha value is -3.23. The van der Waals surface area contributed by atoms with Crippen LogP contribution in [0.2, 0.25) is 0 Å². The van der Waals surface area contributed by atoms with Gasteiger partial charge in [0.25, 0.3) is 12.0 Å². The van der Waals surface area contributed by atoms with E-state index in [0.29, 0.717) is 10.9 Å². The minimum absolute atomic E-state index is 0.0239. The predicted octanol–water partition coefficient (Wildman–Crippen LogP) is 4.87. The van der Waals surface area contributed by atoms with Crippen molar-refractivity contribution in [1.29, 1.82) is 0 Å². The van der Waals surface area contributed by atoms with Gasteiger partial charge in [0.15, 0.2) is 0 Å². The van der Waals surface area contributed by atoms with Crippen molar-refractivity contribution >= 4 is 22.4 Å². The van der Waals surface area contributed by atoms with Gasteiger partial charge < -0.3 is 5.32 Å². The van der Waals surface area contributed by atoms with Crippen LogP contribution in [0.25, 0.3) is 16.6 Å². The number of benzene rings is 1. The van der Waals surface area contributed by atoms with Gasteiger partial charge in [0.2, 0.25) is 0 Å². The number of hydrogen-bond acceptors (Lipinski definition) is 4. The standard InChI is InChI=1S/C20H18F4N4O/c1-11(6-7-21)28-9-15-16(8-17(28)29)25-10-26-20(15)27-12(2)13-4-3-5-14(18(13)22)19(23)24/h3-5,8-10,12,19H,1,6-7H2,2H3,(H,25,26,27)/t12-/m1/s1. The third-order valence-corrected chi connectivity index (χ3v) is 4.51. The molecular formula is C20H18F4N4O. The molecule has 5 nitrogen and oxygen atoms in total. The number of fused-ring (bicyclic) bond motifs is 1. The summed E-state index contributed by atoms with van der Waals surface area (Å²) in [5, 5.41) is 3.39. The Bertz CT molecular complexity index is 1110. The lowest BCUT2D eigenvalue weighted by Crippen LogP contribution is -2.19. The van der Waals surface area contributed by atoms with Gasteiger partial charge in [-0.25, -0.2) is 23.1 Å². The van der Waals surface area contributed by atoms with E-state index in [0.717, 1.165) is 6.07 Å². The second kappa shape index (κ2) is 8.42. The molecule has 152 valence electrons. The van der Waals surface area contributed by atoms with E-state index >= 15 is 0 Å². The van der Waals surface area contributed by atoms with Gasteiger partial charge in [-0.2, -0.15) is 0 Å². The largest absolute Gasteiger partial charge is 0.363 e. The Kier molecular flexibility index (Phi) is 5.95. The van der Waals surface area contributed by atoms with Crippen LogP contribution in [0.15, 0.2) is 48.2 Å². The highest BCUT2D eigenvalue weighted by atomic mass is 19.3. The SMILES string of the molecule is C=C(CCF)n1cc2c(N[C@H](C)c3cccc(C(F)F)c3F)ncnc2cc1=O. The van der Waals surface area contributed by atoms with Gasteiger partial charge in [0, 0.05) is 29.9 Å². The lowest BCUT2D eigenvalue weighted by molar-refractivity contribution is 0.146. The van der Waals surface area contributed by atoms with Gasteiger partial charge in [-0.05, 0) is 6.92 Å². The number of rotatable bonds is 7. The minimum atomic E-state index is -2.93. The third kappa shape index (κ3) is 4.13. The number of allylic oxidation sites excluding steroid dienone is 1. The average molecular weight is 406 g/mol. The van der Waals surface area contributed by atoms with Gasteiger partial charge in [-0.1, -0.05) is 24.8 Å². The molecule has 2 heterocycles. The number of hydrogen-bond donors (Lipinski definition) is 1. The van der Waals surface area contributed by atoms with E-state index in [4.69, 9.17) is 0 Å². The highest BCUT2D eigenvalue weighted by Crippen LogP contribution is 2.29. The van der Waals surface area contributed by atoms with Gasteiger partial charge in [-0.3, -0.25) is 13.8 Å². The summed E-state index contributed by atoms with van der Waals surface area (Å²) in [5.74, 6) is -0.722. The normalized spacial score (nSPS) is 12.3. The second-order valence-electron chi connectivity index (χ2n) is 6.43. The zero-order valence-electron chi connectivity index (χ0n) is 15.5. The van der Waals surface area contributed by atoms with Crippen LogP contribution in [0.5, 0.6) is 0 Å². The fourth-order valence-corrected chi connectivity index (χ4v) is 2.98. The summed E-state index contributed by atoms with van der Waals surface area (Å²) in [6.45, 7) is 4.63. The van der Waals surface area contributed by atoms with Crippen LogP contribution < -0.4 is 10.9 Å². The molecule has 0 fully saturated rings. The molecule has 3 rings (SSSR count). The van der Waals surface area contributed by atoms with Gasteiger partial charge >= 0.3 is 0 Å². The van der Waals surface area contributed by atoms with Crippen LogP contribution in [0.1, 0.15) is 36.9 Å². The van der Waals surface area contributed by atoms with Gasteiger partial charge in [0.05, 0.1) is 29.2 Å². The number of nitrogens with one attached hydrogen (secondary N) is 1. The Morgan fingerprint density at radius 3 is 2.69 bits per heavy atom. The van der Waals surface area contributed by atoms with E-state index in [1.54, 1.807) is 6.92 Å². The molecule has 0 radical (unpaired) electrons. The van der Waals surface area contributed by atoms with Crippen molar-refractivity contribution in [2.45, 2.75) is 25.8 Å². The summed E-state index contributed by atoms with van der Waals surface area (Å²) in [4.78, 5) is 20.4. The number of nitrogens with zero attached hydrogens (tertiary/aromatic N) is 3. The molecule has 0 aliphatic heterocycles. The van der Waals surface area contributed by atoms with E-state index < -0.39 is 36.1 Å². The monoisotopic (exact) mass is 406 g/mol. The molecule has 0 saturated heterocycles. The molecule has 0 bridgehead atoms. The molecule has 2 aromatic heterocycles. The first-order valence-electron chi connectivity index (χ1n) is 8.78. The van der Waals surface area contributed by atoms with Crippen molar-refractivity contribution in [3.63, 3.8) is 0 Å². The average Bonchev–Trinajstić information content (AvgIpc) is 2.67. The van der Waals surface area contributed by atoms with Crippen LogP contribution in [0.3, 0.4) is 0 Å². The van der Waals surface area contributed by atoms with Crippen LogP contribution in [0, 0.1) is 5.82 Å². The van der Waals surface area contributed by atoms with E-state index in [9.17, 15) is 22.4 Å². The zero-order chi connectivity index (χ0) is 21.1. The van der Waals surface area contributed by atoms with Gasteiger partial charge in [-0.15, -0.1) is 0 Å². The lowest BCUT2D eigenvalue weighted by atomic mass is 10.0. The molecule has 0 amide bonds. The number of anilines is 1. The van der Waals surface area contributed by atoms with Crippen molar-refractivity contribution in [1.82, 2.24) is 14.5 Å². The molecule has 0 spiro atoms. The topological polar surface area (TPSA) is 59.8 Å². The number of aromatic nitrogens is 3. The smallest absolute Gasteiger partial charge is 0.266 e. The molecular weight excluding hydrogens is 388 g/mol. The molecule has 0 unspecified atom stereocenters. The maximum atomic E-state index is 14.5. The van der Waals surface area contributed by atoms with E-state index in [-0.39, 0.29) is 23.5 Å². The highest BCUT2D eigenvalue weighted by molar-refractivity contribution is 5.88. The Morgan fingerprint density at radius 2 is 2.00 bits per heavy atom. The second-order valence-corrected chi connectivity index (χ2v) is 6.43. The molecule has 3 aromatic rings. The van der Waals surface area contributed by atoms with Crippen LogP contribution in [0.4, 0.5) is 23.4 Å². The molecule has 0 saturated carbocycles. The zero-order valence-corrected chi connectivity index (χ0v) is 15.5. The molecule has 1 atom stereocenters. The van der Waals surface area contributed by atoms with Crippen LogP contribution >= 0.6 is 0 Å². The highest BCUT2D eigenvalue weighted by Gasteiger charge is 2.20. The summed E-state index contributed by atoms with van der Waals surface area (Å²) >= 11 is 0. The summed E-state index contributed by atoms with van der Waals surface area (Å²) in [6.07, 6.45) is -0.303. The van der Waals surface area contributed by atoms with E-state index in [1.807, 2.05) is 0 Å². The summed E-state index contributed by atoms with van der Waals surface area (Å²) < 4.78 is 54.2. The maximum Gasteiger partial charge on any atom is 0.266 e. The quantitative estimate of drug-likeness (QED) is 0.569. The maximum absolute atomic E-state index is 14.5. The van der Waals surface area contributed by atoms with Crippen molar-refractivity contribution < 1.29 is 17.6 Å².